The minimum absolute atomic E-state index is 0.0822. The average molecular weight is 465 g/mol. The molecule has 2 aromatic carbocycles. The molecule has 1 aromatic heterocycles. The number of ether oxygens (including phenoxy) is 2. The first-order chi connectivity index (χ1) is 16.5. The van der Waals surface area contributed by atoms with E-state index in [0.717, 1.165) is 36.6 Å². The largest absolute Gasteiger partial charge is 0.486 e. The van der Waals surface area contributed by atoms with Crippen LogP contribution in [0, 0.1) is 6.92 Å². The van der Waals surface area contributed by atoms with Gasteiger partial charge in [-0.2, -0.15) is 0 Å². The number of amides is 2. The van der Waals surface area contributed by atoms with Crippen LogP contribution < -0.4 is 25.7 Å². The molecule has 2 heterocycles. The van der Waals surface area contributed by atoms with Gasteiger partial charge in [0.1, 0.15) is 18.8 Å². The Morgan fingerprint density at radius 3 is 2.56 bits per heavy atom. The maximum atomic E-state index is 12.3. The lowest BCUT2D eigenvalue weighted by atomic mass is 10.1. The van der Waals surface area contributed by atoms with Gasteiger partial charge in [0.2, 0.25) is 5.91 Å². The molecule has 0 saturated heterocycles. The quantitative estimate of drug-likeness (QED) is 0.363. The fourth-order valence-corrected chi connectivity index (χ4v) is 3.88. The van der Waals surface area contributed by atoms with Gasteiger partial charge in [-0.1, -0.05) is 12.8 Å². The van der Waals surface area contributed by atoms with E-state index >= 15 is 0 Å². The Labute approximate surface area is 197 Å². The first-order valence-electron chi connectivity index (χ1n) is 11.5. The van der Waals surface area contributed by atoms with Crippen molar-refractivity contribution in [3.8, 4) is 11.5 Å². The third-order valence-electron chi connectivity index (χ3n) is 5.66. The van der Waals surface area contributed by atoms with Gasteiger partial charge in [0.15, 0.2) is 11.5 Å². The normalized spacial score (nSPS) is 12.4. The van der Waals surface area contributed by atoms with Gasteiger partial charge in [-0.3, -0.25) is 9.59 Å². The molecule has 2 N–H and O–H groups in total. The highest BCUT2D eigenvalue weighted by Gasteiger charge is 2.14. The molecule has 2 amide bonds. The van der Waals surface area contributed by atoms with Gasteiger partial charge in [-0.05, 0) is 55.7 Å². The van der Waals surface area contributed by atoms with Crippen LogP contribution in [0.2, 0.25) is 0 Å². The molecule has 0 aliphatic carbocycles. The topological polar surface area (TPSA) is 107 Å². The third-order valence-corrected chi connectivity index (χ3v) is 5.66. The van der Waals surface area contributed by atoms with Crippen LogP contribution in [-0.2, 0) is 4.79 Å². The number of fused-ring (bicyclic) bond motifs is 2. The van der Waals surface area contributed by atoms with Gasteiger partial charge >= 0.3 is 5.63 Å². The average Bonchev–Trinajstić information content (AvgIpc) is 2.82. The molecular weight excluding hydrogens is 436 g/mol. The summed E-state index contributed by atoms with van der Waals surface area (Å²) in [5, 5.41) is 6.61. The molecule has 0 fully saturated rings. The lowest BCUT2D eigenvalue weighted by molar-refractivity contribution is -0.116. The van der Waals surface area contributed by atoms with E-state index in [2.05, 4.69) is 10.6 Å². The van der Waals surface area contributed by atoms with Crippen molar-refractivity contribution in [1.82, 2.24) is 5.32 Å². The molecule has 0 radical (unpaired) electrons. The number of unbranched alkanes of at least 4 members (excludes halogenated alkanes) is 3. The van der Waals surface area contributed by atoms with Crippen molar-refractivity contribution in [2.24, 2.45) is 0 Å². The van der Waals surface area contributed by atoms with E-state index in [0.29, 0.717) is 54.5 Å². The Kier molecular flexibility index (Phi) is 7.47. The smallest absolute Gasteiger partial charge is 0.336 e. The van der Waals surface area contributed by atoms with Crippen molar-refractivity contribution < 1.29 is 23.5 Å². The summed E-state index contributed by atoms with van der Waals surface area (Å²) in [5.74, 6) is 1.04. The molecule has 1 aliphatic heterocycles. The molecule has 178 valence electrons. The van der Waals surface area contributed by atoms with Crippen molar-refractivity contribution in [1.29, 1.82) is 0 Å². The number of hydrogen-bond acceptors (Lipinski definition) is 6. The van der Waals surface area contributed by atoms with E-state index in [9.17, 15) is 14.4 Å². The molecule has 3 aromatic rings. The number of anilines is 1. The number of hydrogen-bond donors (Lipinski definition) is 2. The summed E-state index contributed by atoms with van der Waals surface area (Å²) in [6, 6.07) is 11.9. The molecule has 34 heavy (non-hydrogen) atoms. The summed E-state index contributed by atoms with van der Waals surface area (Å²) in [6.07, 6.45) is 3.79. The summed E-state index contributed by atoms with van der Waals surface area (Å²) in [4.78, 5) is 36.1. The predicted octanol–water partition coefficient (Wildman–Crippen LogP) is 4.19. The number of nitrogens with one attached hydrogen (secondary N) is 2. The fraction of sp³-hybridized carbons (Fsp3) is 0.346. The Hall–Kier alpha value is -3.81. The minimum Gasteiger partial charge on any atom is -0.486 e. The standard InChI is InChI=1S/C26H28N2O6/c1-17-14-25(30)34-22-16-19(8-9-20(17)22)28-24(29)6-4-2-3-5-11-27-26(31)18-7-10-21-23(15-18)33-13-12-32-21/h7-10,14-16H,2-6,11-13H2,1H3,(H,27,31)(H,28,29). The second kappa shape index (κ2) is 10.9. The number of carbonyl (C=O) groups is 2. The molecular formula is C26H28N2O6. The van der Waals surface area contributed by atoms with Gasteiger partial charge in [-0.15, -0.1) is 0 Å². The highest BCUT2D eigenvalue weighted by molar-refractivity contribution is 5.95. The highest BCUT2D eigenvalue weighted by Crippen LogP contribution is 2.30. The molecule has 1 aliphatic rings. The SMILES string of the molecule is Cc1cc(=O)oc2cc(NC(=O)CCCCCCNC(=O)c3ccc4c(c3)OCCO4)ccc12. The molecule has 4 rings (SSSR count). The Morgan fingerprint density at radius 2 is 1.71 bits per heavy atom. The monoisotopic (exact) mass is 464 g/mol. The van der Waals surface area contributed by atoms with Crippen molar-refractivity contribution >= 4 is 28.5 Å². The summed E-state index contributed by atoms with van der Waals surface area (Å²) >= 11 is 0. The zero-order chi connectivity index (χ0) is 23.9. The van der Waals surface area contributed by atoms with E-state index in [1.165, 1.54) is 6.07 Å². The summed E-state index contributed by atoms with van der Waals surface area (Å²) in [6.45, 7) is 3.42. The molecule has 8 heteroatoms. The van der Waals surface area contributed by atoms with Crippen LogP contribution in [0.4, 0.5) is 5.69 Å². The summed E-state index contributed by atoms with van der Waals surface area (Å²) < 4.78 is 16.2. The van der Waals surface area contributed by atoms with Crippen molar-refractivity contribution in [3.63, 3.8) is 0 Å². The van der Waals surface area contributed by atoms with Crippen molar-refractivity contribution in [2.75, 3.05) is 25.1 Å². The number of benzene rings is 2. The molecule has 0 saturated carbocycles. The second-order valence-electron chi connectivity index (χ2n) is 8.29. The summed E-state index contributed by atoms with van der Waals surface area (Å²) in [5.41, 5.74) is 2.04. The lowest BCUT2D eigenvalue weighted by Crippen LogP contribution is -2.25. The third kappa shape index (κ3) is 5.95. The minimum atomic E-state index is -0.407. The van der Waals surface area contributed by atoms with E-state index in [4.69, 9.17) is 13.9 Å². The predicted molar refractivity (Wildman–Crippen MR) is 129 cm³/mol. The first kappa shape index (κ1) is 23.4. The Balaban J connectivity index is 1.13. The zero-order valence-corrected chi connectivity index (χ0v) is 19.1. The Bertz CT molecular complexity index is 1250. The van der Waals surface area contributed by atoms with Crippen LogP contribution in [0.3, 0.4) is 0 Å². The maximum Gasteiger partial charge on any atom is 0.336 e. The number of carbonyl (C=O) groups excluding carboxylic acids is 2. The van der Waals surface area contributed by atoms with Crippen LogP contribution in [0.1, 0.15) is 48.0 Å². The zero-order valence-electron chi connectivity index (χ0n) is 19.1. The van der Waals surface area contributed by atoms with E-state index in [-0.39, 0.29) is 11.8 Å². The number of aryl methyl sites for hydroxylation is 1. The van der Waals surface area contributed by atoms with Crippen LogP contribution in [0.15, 0.2) is 51.7 Å². The molecule has 0 bridgehead atoms. The molecule has 8 nitrogen and oxygen atoms in total. The second-order valence-corrected chi connectivity index (χ2v) is 8.29. The molecule has 0 atom stereocenters. The van der Waals surface area contributed by atoms with Crippen LogP contribution in [0.25, 0.3) is 11.0 Å². The van der Waals surface area contributed by atoms with Crippen LogP contribution in [-0.4, -0.2) is 31.6 Å². The van der Waals surface area contributed by atoms with E-state index < -0.39 is 5.63 Å². The Morgan fingerprint density at radius 1 is 0.912 bits per heavy atom. The van der Waals surface area contributed by atoms with Crippen LogP contribution in [0.5, 0.6) is 11.5 Å². The van der Waals surface area contributed by atoms with Gasteiger partial charge < -0.3 is 24.5 Å². The highest BCUT2D eigenvalue weighted by atomic mass is 16.6. The van der Waals surface area contributed by atoms with Crippen molar-refractivity contribution in [2.45, 2.75) is 39.0 Å². The van der Waals surface area contributed by atoms with Gasteiger partial charge in [0.25, 0.3) is 5.91 Å². The summed E-state index contributed by atoms with van der Waals surface area (Å²) in [7, 11) is 0. The molecule has 0 spiro atoms. The fourth-order valence-electron chi connectivity index (χ4n) is 3.88. The van der Waals surface area contributed by atoms with Crippen LogP contribution >= 0.6 is 0 Å². The van der Waals surface area contributed by atoms with Gasteiger partial charge in [-0.25, -0.2) is 4.79 Å². The lowest BCUT2D eigenvalue weighted by Gasteiger charge is -2.18. The van der Waals surface area contributed by atoms with E-state index in [1.807, 2.05) is 13.0 Å². The maximum absolute atomic E-state index is 12.3. The van der Waals surface area contributed by atoms with Crippen molar-refractivity contribution in [3.05, 3.63) is 64.0 Å². The van der Waals surface area contributed by atoms with Gasteiger partial charge in [0, 0.05) is 41.7 Å². The molecule has 0 unspecified atom stereocenters. The van der Waals surface area contributed by atoms with Gasteiger partial charge in [0.05, 0.1) is 0 Å². The van der Waals surface area contributed by atoms with E-state index in [1.54, 1.807) is 30.3 Å². The number of rotatable bonds is 9. The first-order valence-corrected chi connectivity index (χ1v) is 11.5.